The van der Waals surface area contributed by atoms with Crippen molar-refractivity contribution in [3.8, 4) is 0 Å². The standard InChI is InChI=1S/C22H23N3O2/c26-21(24-20-12-5-8-16-7-1-2-9-17(16)20)13-6-14-25-15-23-19-11-4-3-10-18(19)22(25)27/h1-4,7,9-11,15,20H,5-6,8,12-14H2,(H,24,26)/t20-/m0/s1. The minimum atomic E-state index is -0.0535. The van der Waals surface area contributed by atoms with Crippen molar-refractivity contribution in [3.63, 3.8) is 0 Å². The Labute approximate surface area is 158 Å². The van der Waals surface area contributed by atoms with Crippen LogP contribution in [-0.4, -0.2) is 15.5 Å². The molecule has 0 fully saturated rings. The van der Waals surface area contributed by atoms with Gasteiger partial charge in [0, 0.05) is 13.0 Å². The second-order valence-electron chi connectivity index (χ2n) is 7.07. The fourth-order valence-electron chi connectivity index (χ4n) is 3.85. The number of aryl methyl sites for hydroxylation is 2. The molecule has 0 bridgehead atoms. The topological polar surface area (TPSA) is 64.0 Å². The molecule has 0 saturated heterocycles. The van der Waals surface area contributed by atoms with Gasteiger partial charge in [0.2, 0.25) is 5.91 Å². The van der Waals surface area contributed by atoms with Gasteiger partial charge in [-0.3, -0.25) is 14.2 Å². The zero-order chi connectivity index (χ0) is 18.6. The summed E-state index contributed by atoms with van der Waals surface area (Å²) >= 11 is 0. The lowest BCUT2D eigenvalue weighted by molar-refractivity contribution is -0.122. The van der Waals surface area contributed by atoms with Crippen molar-refractivity contribution in [3.05, 3.63) is 76.3 Å². The van der Waals surface area contributed by atoms with E-state index in [1.165, 1.54) is 11.1 Å². The third kappa shape index (κ3) is 3.77. The van der Waals surface area contributed by atoms with Crippen molar-refractivity contribution in [2.45, 2.75) is 44.7 Å². The fourth-order valence-corrected chi connectivity index (χ4v) is 3.85. The number of nitrogens with one attached hydrogen (secondary N) is 1. The monoisotopic (exact) mass is 361 g/mol. The predicted molar refractivity (Wildman–Crippen MR) is 106 cm³/mol. The van der Waals surface area contributed by atoms with Crippen LogP contribution in [0.5, 0.6) is 0 Å². The summed E-state index contributed by atoms with van der Waals surface area (Å²) in [4.78, 5) is 29.2. The van der Waals surface area contributed by atoms with Gasteiger partial charge in [0.05, 0.1) is 23.3 Å². The molecule has 2 aromatic carbocycles. The van der Waals surface area contributed by atoms with Gasteiger partial charge in [-0.15, -0.1) is 0 Å². The van der Waals surface area contributed by atoms with Gasteiger partial charge >= 0.3 is 0 Å². The Balaban J connectivity index is 1.36. The molecule has 138 valence electrons. The number of fused-ring (bicyclic) bond motifs is 2. The Bertz CT molecular complexity index is 1030. The van der Waals surface area contributed by atoms with Gasteiger partial charge < -0.3 is 5.32 Å². The number of amides is 1. The molecule has 3 aromatic rings. The van der Waals surface area contributed by atoms with Gasteiger partial charge in [-0.05, 0) is 48.9 Å². The molecule has 1 atom stereocenters. The lowest BCUT2D eigenvalue weighted by Gasteiger charge is -2.26. The lowest BCUT2D eigenvalue weighted by Crippen LogP contribution is -2.31. The number of aromatic nitrogens is 2. The molecule has 0 saturated carbocycles. The smallest absolute Gasteiger partial charge is 0.261 e. The number of para-hydroxylation sites is 1. The van der Waals surface area contributed by atoms with Crippen molar-refractivity contribution in [1.29, 1.82) is 0 Å². The summed E-state index contributed by atoms with van der Waals surface area (Å²) in [5.74, 6) is 0.0403. The van der Waals surface area contributed by atoms with Crippen LogP contribution in [0.4, 0.5) is 0 Å². The number of rotatable bonds is 5. The Morgan fingerprint density at radius 2 is 1.96 bits per heavy atom. The van der Waals surface area contributed by atoms with Crippen molar-refractivity contribution >= 4 is 16.8 Å². The Kier molecular flexibility index (Phi) is 5.01. The zero-order valence-corrected chi connectivity index (χ0v) is 15.2. The second-order valence-corrected chi connectivity index (χ2v) is 7.07. The molecule has 5 heteroatoms. The average Bonchev–Trinajstić information content (AvgIpc) is 2.70. The van der Waals surface area contributed by atoms with Crippen LogP contribution in [0.1, 0.15) is 42.9 Å². The molecule has 27 heavy (non-hydrogen) atoms. The van der Waals surface area contributed by atoms with E-state index in [-0.39, 0.29) is 17.5 Å². The first-order valence-electron chi connectivity index (χ1n) is 9.54. The first kappa shape index (κ1) is 17.5. The van der Waals surface area contributed by atoms with E-state index in [1.54, 1.807) is 17.0 Å². The first-order chi connectivity index (χ1) is 13.2. The molecule has 5 nitrogen and oxygen atoms in total. The third-order valence-electron chi connectivity index (χ3n) is 5.24. The molecular formula is C22H23N3O2. The summed E-state index contributed by atoms with van der Waals surface area (Å²) < 4.78 is 1.59. The van der Waals surface area contributed by atoms with E-state index in [2.05, 4.69) is 28.5 Å². The van der Waals surface area contributed by atoms with Crippen LogP contribution in [0, 0.1) is 0 Å². The molecule has 1 N–H and O–H groups in total. The molecule has 1 amide bonds. The largest absolute Gasteiger partial charge is 0.349 e. The molecule has 1 aromatic heterocycles. The number of carbonyl (C=O) groups excluding carboxylic acids is 1. The Morgan fingerprint density at radius 3 is 2.89 bits per heavy atom. The van der Waals surface area contributed by atoms with E-state index < -0.39 is 0 Å². The van der Waals surface area contributed by atoms with E-state index in [1.807, 2.05) is 24.3 Å². The minimum absolute atomic E-state index is 0.0403. The maximum absolute atomic E-state index is 12.5. The fraction of sp³-hybridized carbons (Fsp3) is 0.318. The Hall–Kier alpha value is -2.95. The van der Waals surface area contributed by atoms with Crippen LogP contribution < -0.4 is 10.9 Å². The number of nitrogens with zero attached hydrogens (tertiary/aromatic N) is 2. The summed E-state index contributed by atoms with van der Waals surface area (Å²) in [5.41, 5.74) is 3.23. The van der Waals surface area contributed by atoms with E-state index in [9.17, 15) is 9.59 Å². The number of hydrogen-bond donors (Lipinski definition) is 1. The second kappa shape index (κ2) is 7.74. The maximum atomic E-state index is 12.5. The quantitative estimate of drug-likeness (QED) is 0.758. The van der Waals surface area contributed by atoms with E-state index >= 15 is 0 Å². The van der Waals surface area contributed by atoms with Crippen LogP contribution >= 0.6 is 0 Å². The van der Waals surface area contributed by atoms with Crippen molar-refractivity contribution in [1.82, 2.24) is 14.9 Å². The summed E-state index contributed by atoms with van der Waals surface area (Å²) in [6.45, 7) is 0.491. The van der Waals surface area contributed by atoms with Gasteiger partial charge in [-0.2, -0.15) is 0 Å². The van der Waals surface area contributed by atoms with Crippen LogP contribution in [0.3, 0.4) is 0 Å². The lowest BCUT2D eigenvalue weighted by atomic mass is 9.87. The van der Waals surface area contributed by atoms with Crippen LogP contribution in [0.2, 0.25) is 0 Å². The van der Waals surface area contributed by atoms with Crippen LogP contribution in [0.25, 0.3) is 10.9 Å². The molecule has 1 aliphatic carbocycles. The first-order valence-corrected chi connectivity index (χ1v) is 9.54. The van der Waals surface area contributed by atoms with Crippen molar-refractivity contribution in [2.24, 2.45) is 0 Å². The summed E-state index contributed by atoms with van der Waals surface area (Å²) in [7, 11) is 0. The zero-order valence-electron chi connectivity index (χ0n) is 15.2. The third-order valence-corrected chi connectivity index (χ3v) is 5.24. The van der Waals surface area contributed by atoms with E-state index in [0.717, 1.165) is 19.3 Å². The van der Waals surface area contributed by atoms with Crippen molar-refractivity contribution < 1.29 is 4.79 Å². The van der Waals surface area contributed by atoms with Gasteiger partial charge in [-0.1, -0.05) is 36.4 Å². The summed E-state index contributed by atoms with van der Waals surface area (Å²) in [6, 6.07) is 15.8. The molecule has 0 aliphatic heterocycles. The molecule has 1 heterocycles. The SMILES string of the molecule is O=C(CCCn1cnc2ccccc2c1=O)N[C@H]1CCCc2ccccc21. The van der Waals surface area contributed by atoms with E-state index in [0.29, 0.717) is 30.3 Å². The van der Waals surface area contributed by atoms with Crippen LogP contribution in [-0.2, 0) is 17.8 Å². The van der Waals surface area contributed by atoms with E-state index in [4.69, 9.17) is 0 Å². The van der Waals surface area contributed by atoms with Gasteiger partial charge in [0.25, 0.3) is 5.56 Å². The van der Waals surface area contributed by atoms with Gasteiger partial charge in [0.15, 0.2) is 0 Å². The Morgan fingerprint density at radius 1 is 1.15 bits per heavy atom. The summed E-state index contributed by atoms with van der Waals surface area (Å²) in [5, 5.41) is 3.78. The van der Waals surface area contributed by atoms with Crippen molar-refractivity contribution in [2.75, 3.05) is 0 Å². The van der Waals surface area contributed by atoms with Gasteiger partial charge in [0.1, 0.15) is 0 Å². The number of benzene rings is 2. The number of carbonyl (C=O) groups is 1. The molecule has 0 radical (unpaired) electrons. The summed E-state index contributed by atoms with van der Waals surface area (Å²) in [6.07, 6.45) is 5.75. The maximum Gasteiger partial charge on any atom is 0.261 e. The molecule has 0 unspecified atom stereocenters. The predicted octanol–water partition coefficient (Wildman–Crippen LogP) is 3.37. The highest BCUT2D eigenvalue weighted by atomic mass is 16.1. The average molecular weight is 361 g/mol. The van der Waals surface area contributed by atoms with Crippen LogP contribution in [0.15, 0.2) is 59.7 Å². The number of hydrogen-bond acceptors (Lipinski definition) is 3. The molecule has 0 spiro atoms. The highest BCUT2D eigenvalue weighted by Crippen LogP contribution is 2.29. The highest BCUT2D eigenvalue weighted by Gasteiger charge is 2.21. The van der Waals surface area contributed by atoms with Gasteiger partial charge in [-0.25, -0.2) is 4.98 Å². The molecule has 4 rings (SSSR count). The molecule has 1 aliphatic rings. The minimum Gasteiger partial charge on any atom is -0.349 e. The normalized spacial score (nSPS) is 16.1. The molecular weight excluding hydrogens is 338 g/mol. The highest BCUT2D eigenvalue weighted by molar-refractivity contribution is 5.77.